The third-order valence-corrected chi connectivity index (χ3v) is 4.51. The van der Waals surface area contributed by atoms with Gasteiger partial charge in [-0.15, -0.1) is 21.5 Å². The SMILES string of the molecule is c1cncc(-c2nnc(SCc3nc(-c4cccs4)no3)o2)c1. The van der Waals surface area contributed by atoms with Gasteiger partial charge in [0.15, 0.2) is 0 Å². The van der Waals surface area contributed by atoms with Crippen LogP contribution in [-0.4, -0.2) is 25.3 Å². The summed E-state index contributed by atoms with van der Waals surface area (Å²) in [7, 11) is 0. The van der Waals surface area contributed by atoms with E-state index in [4.69, 9.17) is 8.94 Å². The van der Waals surface area contributed by atoms with Crippen molar-refractivity contribution in [2.24, 2.45) is 0 Å². The summed E-state index contributed by atoms with van der Waals surface area (Å²) >= 11 is 2.91. The van der Waals surface area contributed by atoms with E-state index >= 15 is 0 Å². The minimum atomic E-state index is 0.436. The molecule has 0 atom stereocenters. The third-order valence-electron chi connectivity index (χ3n) is 2.84. The first kappa shape index (κ1) is 14.1. The van der Waals surface area contributed by atoms with Crippen LogP contribution in [0.2, 0.25) is 0 Å². The molecule has 4 aromatic heterocycles. The quantitative estimate of drug-likeness (QED) is 0.508. The second kappa shape index (κ2) is 6.31. The Morgan fingerprint density at radius 2 is 2.17 bits per heavy atom. The van der Waals surface area contributed by atoms with Gasteiger partial charge in [-0.05, 0) is 23.6 Å². The molecule has 0 aliphatic carbocycles. The van der Waals surface area contributed by atoms with Crippen LogP contribution in [0.25, 0.3) is 22.2 Å². The summed E-state index contributed by atoms with van der Waals surface area (Å²) in [5.41, 5.74) is 0.782. The third kappa shape index (κ3) is 3.15. The van der Waals surface area contributed by atoms with Gasteiger partial charge in [-0.25, -0.2) is 0 Å². The molecule has 0 N–H and O–H groups in total. The van der Waals surface area contributed by atoms with Crippen LogP contribution in [0.4, 0.5) is 0 Å². The van der Waals surface area contributed by atoms with Gasteiger partial charge in [0.05, 0.1) is 16.2 Å². The fourth-order valence-corrected chi connectivity index (χ4v) is 3.07. The molecule has 7 nitrogen and oxygen atoms in total. The number of hydrogen-bond donors (Lipinski definition) is 0. The van der Waals surface area contributed by atoms with Crippen molar-refractivity contribution in [2.75, 3.05) is 0 Å². The number of aromatic nitrogens is 5. The van der Waals surface area contributed by atoms with Crippen LogP contribution in [0.5, 0.6) is 0 Å². The van der Waals surface area contributed by atoms with Crippen molar-refractivity contribution in [3.05, 3.63) is 47.9 Å². The fraction of sp³-hybridized carbons (Fsp3) is 0.0714. The van der Waals surface area contributed by atoms with Gasteiger partial charge in [-0.1, -0.05) is 23.0 Å². The highest BCUT2D eigenvalue weighted by molar-refractivity contribution is 7.98. The van der Waals surface area contributed by atoms with E-state index in [0.29, 0.717) is 28.6 Å². The Hall–Kier alpha value is -2.52. The van der Waals surface area contributed by atoms with Gasteiger partial charge >= 0.3 is 0 Å². The van der Waals surface area contributed by atoms with E-state index < -0.39 is 0 Å². The predicted octanol–water partition coefficient (Wildman–Crippen LogP) is 3.54. The van der Waals surface area contributed by atoms with Crippen LogP contribution >= 0.6 is 23.1 Å². The molecule has 0 radical (unpaired) electrons. The monoisotopic (exact) mass is 343 g/mol. The normalized spacial score (nSPS) is 11.0. The zero-order valence-electron chi connectivity index (χ0n) is 11.6. The Morgan fingerprint density at radius 3 is 3.00 bits per heavy atom. The van der Waals surface area contributed by atoms with Gasteiger partial charge in [0, 0.05) is 12.4 Å². The summed E-state index contributed by atoms with van der Waals surface area (Å²) in [6.07, 6.45) is 3.36. The Balaban J connectivity index is 1.43. The van der Waals surface area contributed by atoms with Crippen molar-refractivity contribution in [2.45, 2.75) is 11.0 Å². The zero-order valence-corrected chi connectivity index (χ0v) is 13.3. The summed E-state index contributed by atoms with van der Waals surface area (Å²) in [5, 5.41) is 14.4. The number of rotatable bonds is 5. The maximum Gasteiger partial charge on any atom is 0.277 e. The number of hydrogen-bond acceptors (Lipinski definition) is 9. The first-order valence-electron chi connectivity index (χ1n) is 6.61. The number of thioether (sulfide) groups is 1. The van der Waals surface area contributed by atoms with Crippen molar-refractivity contribution in [1.29, 1.82) is 0 Å². The second-order valence-corrected chi connectivity index (χ2v) is 6.27. The first-order valence-corrected chi connectivity index (χ1v) is 8.48. The van der Waals surface area contributed by atoms with Crippen LogP contribution in [-0.2, 0) is 5.75 Å². The maximum absolute atomic E-state index is 5.58. The molecule has 0 saturated carbocycles. The zero-order chi connectivity index (χ0) is 15.5. The molecular weight excluding hydrogens is 334 g/mol. The highest BCUT2D eigenvalue weighted by Crippen LogP contribution is 2.26. The molecule has 114 valence electrons. The molecule has 0 aliphatic rings. The summed E-state index contributed by atoms with van der Waals surface area (Å²) in [5.74, 6) is 2.01. The van der Waals surface area contributed by atoms with E-state index in [9.17, 15) is 0 Å². The van der Waals surface area contributed by atoms with Crippen molar-refractivity contribution < 1.29 is 8.94 Å². The average molecular weight is 343 g/mol. The molecule has 4 heterocycles. The molecule has 0 unspecified atom stereocenters. The molecule has 9 heteroatoms. The van der Waals surface area contributed by atoms with Crippen molar-refractivity contribution in [1.82, 2.24) is 25.3 Å². The van der Waals surface area contributed by atoms with Crippen LogP contribution in [0.1, 0.15) is 5.89 Å². The van der Waals surface area contributed by atoms with E-state index in [1.807, 2.05) is 29.6 Å². The lowest BCUT2D eigenvalue weighted by atomic mass is 10.3. The van der Waals surface area contributed by atoms with Crippen LogP contribution < -0.4 is 0 Å². The fourth-order valence-electron chi connectivity index (χ4n) is 1.82. The highest BCUT2D eigenvalue weighted by atomic mass is 32.2. The molecule has 0 saturated heterocycles. The molecule has 0 fully saturated rings. The van der Waals surface area contributed by atoms with E-state index in [1.54, 1.807) is 23.7 Å². The summed E-state index contributed by atoms with van der Waals surface area (Å²) < 4.78 is 10.8. The van der Waals surface area contributed by atoms with Crippen molar-refractivity contribution in [3.63, 3.8) is 0 Å². The lowest BCUT2D eigenvalue weighted by Crippen LogP contribution is -1.81. The molecule has 0 aliphatic heterocycles. The molecule has 0 bridgehead atoms. The Kier molecular flexibility index (Phi) is 3.86. The Labute approximate surface area is 138 Å². The topological polar surface area (TPSA) is 90.7 Å². The molecule has 4 aromatic rings. The summed E-state index contributed by atoms with van der Waals surface area (Å²) in [6.45, 7) is 0. The largest absolute Gasteiger partial charge is 0.411 e. The maximum atomic E-state index is 5.58. The Bertz CT molecular complexity index is 889. The lowest BCUT2D eigenvalue weighted by Gasteiger charge is -1.92. The van der Waals surface area contributed by atoms with Gasteiger partial charge in [-0.3, -0.25) is 4.98 Å². The molecule has 4 rings (SSSR count). The molecule has 23 heavy (non-hydrogen) atoms. The highest BCUT2D eigenvalue weighted by Gasteiger charge is 2.13. The molecule has 0 aromatic carbocycles. The standard InChI is InChI=1S/C14H9N5O2S2/c1-3-9(7-15-5-1)13-17-18-14(20-13)23-8-11-16-12(19-21-11)10-4-2-6-22-10/h1-7H,8H2. The minimum Gasteiger partial charge on any atom is -0.411 e. The number of nitrogens with zero attached hydrogens (tertiary/aromatic N) is 5. The predicted molar refractivity (Wildman–Crippen MR) is 84.7 cm³/mol. The van der Waals surface area contributed by atoms with E-state index in [1.165, 1.54) is 11.8 Å². The van der Waals surface area contributed by atoms with Crippen LogP contribution in [0.15, 0.2) is 56.2 Å². The van der Waals surface area contributed by atoms with Crippen molar-refractivity contribution >= 4 is 23.1 Å². The molecule has 0 spiro atoms. The second-order valence-electron chi connectivity index (χ2n) is 4.39. The van der Waals surface area contributed by atoms with Gasteiger partial charge < -0.3 is 8.94 Å². The minimum absolute atomic E-state index is 0.436. The average Bonchev–Trinajstić information content (AvgIpc) is 3.33. The van der Waals surface area contributed by atoms with Crippen LogP contribution in [0, 0.1) is 0 Å². The number of pyridine rings is 1. The van der Waals surface area contributed by atoms with E-state index in [0.717, 1.165) is 10.4 Å². The molecular formula is C14H9N5O2S2. The Morgan fingerprint density at radius 1 is 1.17 bits per heavy atom. The van der Waals surface area contributed by atoms with Crippen molar-refractivity contribution in [3.8, 4) is 22.2 Å². The van der Waals surface area contributed by atoms with E-state index in [-0.39, 0.29) is 0 Å². The van der Waals surface area contributed by atoms with Gasteiger partial charge in [0.1, 0.15) is 0 Å². The van der Waals surface area contributed by atoms with E-state index in [2.05, 4.69) is 25.3 Å². The number of thiophene rings is 1. The van der Waals surface area contributed by atoms with Gasteiger partial charge in [0.2, 0.25) is 17.6 Å². The smallest absolute Gasteiger partial charge is 0.277 e. The van der Waals surface area contributed by atoms with Gasteiger partial charge in [-0.2, -0.15) is 4.98 Å². The first-order chi connectivity index (χ1) is 11.4. The summed E-state index contributed by atoms with van der Waals surface area (Å²) in [6, 6.07) is 7.57. The molecule has 0 amide bonds. The lowest BCUT2D eigenvalue weighted by molar-refractivity contribution is 0.391. The van der Waals surface area contributed by atoms with Crippen LogP contribution in [0.3, 0.4) is 0 Å². The van der Waals surface area contributed by atoms with Gasteiger partial charge in [0.25, 0.3) is 5.22 Å². The summed E-state index contributed by atoms with van der Waals surface area (Å²) in [4.78, 5) is 9.34.